The third-order valence-electron chi connectivity index (χ3n) is 6.81. The van der Waals surface area contributed by atoms with E-state index in [1.165, 1.54) is 16.4 Å². The van der Waals surface area contributed by atoms with Crippen LogP contribution in [0.15, 0.2) is 77.7 Å². The number of likely N-dealkylation sites (tertiary alicyclic amines) is 1. The topological polar surface area (TPSA) is 77.2 Å². The number of piperidine rings is 1. The highest BCUT2D eigenvalue weighted by atomic mass is 32.2. The molecule has 1 unspecified atom stereocenters. The van der Waals surface area contributed by atoms with Crippen LogP contribution in [0.4, 0.5) is 10.5 Å². The summed E-state index contributed by atoms with van der Waals surface area (Å²) in [6, 6.07) is 23.0. The first kappa shape index (κ1) is 22.8. The van der Waals surface area contributed by atoms with Crippen LogP contribution in [0.2, 0.25) is 0 Å². The van der Waals surface area contributed by atoms with Crippen molar-refractivity contribution in [2.45, 2.75) is 29.7 Å². The third-order valence-corrected chi connectivity index (χ3v) is 7.84. The van der Waals surface area contributed by atoms with Crippen LogP contribution in [0.3, 0.4) is 0 Å². The van der Waals surface area contributed by atoms with Crippen LogP contribution in [0, 0.1) is 0 Å². The zero-order chi connectivity index (χ0) is 24.6. The van der Waals surface area contributed by atoms with Gasteiger partial charge in [0.25, 0.3) is 5.91 Å². The van der Waals surface area contributed by atoms with Gasteiger partial charge in [0.15, 0.2) is 0 Å². The Balaban J connectivity index is 1.22. The number of hydrazine groups is 2. The lowest BCUT2D eigenvalue weighted by Gasteiger charge is -2.37. The van der Waals surface area contributed by atoms with Crippen molar-refractivity contribution in [2.75, 3.05) is 25.3 Å². The number of hydrogen-bond acceptors (Lipinski definition) is 6. The Labute approximate surface area is 214 Å². The lowest BCUT2D eigenvalue weighted by atomic mass is 9.88. The van der Waals surface area contributed by atoms with Crippen LogP contribution in [0.5, 0.6) is 11.5 Å². The van der Waals surface area contributed by atoms with Gasteiger partial charge >= 0.3 is 6.03 Å². The Morgan fingerprint density at radius 1 is 0.972 bits per heavy atom. The van der Waals surface area contributed by atoms with Gasteiger partial charge < -0.3 is 15.0 Å². The maximum atomic E-state index is 13.4. The van der Waals surface area contributed by atoms with Gasteiger partial charge in [-0.25, -0.2) is 10.2 Å². The Hall–Kier alpha value is -3.69. The average molecular weight is 502 g/mol. The van der Waals surface area contributed by atoms with Crippen molar-refractivity contribution in [3.8, 4) is 11.5 Å². The highest BCUT2D eigenvalue weighted by molar-refractivity contribution is 7.98. The number of carbonyl (C=O) groups excluding carboxylic acids is 2. The zero-order valence-electron chi connectivity index (χ0n) is 19.9. The molecule has 3 heterocycles. The van der Waals surface area contributed by atoms with E-state index >= 15 is 0 Å². The Morgan fingerprint density at radius 3 is 2.44 bits per heavy atom. The predicted octanol–water partition coefficient (Wildman–Crippen LogP) is 4.50. The van der Waals surface area contributed by atoms with Crippen molar-refractivity contribution < 1.29 is 14.3 Å². The number of hydrogen-bond donors (Lipinski definition) is 2. The van der Waals surface area contributed by atoms with E-state index in [9.17, 15) is 9.59 Å². The smallest absolute Gasteiger partial charge is 0.348 e. The first-order valence-corrected chi connectivity index (χ1v) is 12.9. The van der Waals surface area contributed by atoms with Crippen molar-refractivity contribution in [1.82, 2.24) is 20.1 Å². The van der Waals surface area contributed by atoms with Crippen molar-refractivity contribution in [2.24, 2.45) is 0 Å². The quantitative estimate of drug-likeness (QED) is 0.513. The fraction of sp³-hybridized carbons (Fsp3) is 0.259. The molecule has 184 valence electrons. The summed E-state index contributed by atoms with van der Waals surface area (Å²) < 4.78 is 7.42. The number of ether oxygens (including phenoxy) is 1. The number of para-hydroxylation sites is 2. The molecule has 2 N–H and O–H groups in total. The van der Waals surface area contributed by atoms with Crippen molar-refractivity contribution in [3.63, 3.8) is 0 Å². The molecule has 0 bridgehead atoms. The summed E-state index contributed by atoms with van der Waals surface area (Å²) in [6.07, 6.45) is 1.83. The molecule has 3 aliphatic rings. The van der Waals surface area contributed by atoms with Crippen molar-refractivity contribution in [3.05, 3.63) is 83.9 Å². The van der Waals surface area contributed by atoms with Crippen LogP contribution in [0.25, 0.3) is 0 Å². The fourth-order valence-electron chi connectivity index (χ4n) is 4.91. The molecule has 1 saturated heterocycles. The van der Waals surface area contributed by atoms with E-state index in [1.54, 1.807) is 5.12 Å². The molecule has 3 aliphatic heterocycles. The van der Waals surface area contributed by atoms with Crippen LogP contribution in [0.1, 0.15) is 29.9 Å². The van der Waals surface area contributed by atoms with Gasteiger partial charge in [-0.05, 0) is 74.4 Å². The molecule has 36 heavy (non-hydrogen) atoms. The van der Waals surface area contributed by atoms with E-state index < -0.39 is 5.92 Å². The van der Waals surface area contributed by atoms with Gasteiger partial charge in [0.05, 0.1) is 10.8 Å². The summed E-state index contributed by atoms with van der Waals surface area (Å²) in [4.78, 5) is 29.7. The third kappa shape index (κ3) is 4.25. The minimum Gasteiger partial charge on any atom is -0.457 e. The molecule has 0 aliphatic carbocycles. The van der Waals surface area contributed by atoms with Gasteiger partial charge in [-0.3, -0.25) is 4.79 Å². The fourth-order valence-corrected chi connectivity index (χ4v) is 5.86. The largest absolute Gasteiger partial charge is 0.457 e. The summed E-state index contributed by atoms with van der Waals surface area (Å²) in [5.74, 6) is 0.789. The molecule has 0 saturated carbocycles. The first-order chi connectivity index (χ1) is 17.6. The van der Waals surface area contributed by atoms with Gasteiger partial charge in [0.1, 0.15) is 17.2 Å². The summed E-state index contributed by atoms with van der Waals surface area (Å²) in [5.41, 5.74) is 5.53. The maximum absolute atomic E-state index is 13.4. The summed E-state index contributed by atoms with van der Waals surface area (Å²) in [7, 11) is 2.09. The van der Waals surface area contributed by atoms with E-state index in [4.69, 9.17) is 4.74 Å². The number of benzene rings is 3. The second-order valence-corrected chi connectivity index (χ2v) is 10.3. The van der Waals surface area contributed by atoms with Crippen LogP contribution in [-0.4, -0.2) is 47.4 Å². The molecule has 0 spiro atoms. The Bertz CT molecular complexity index is 1280. The van der Waals surface area contributed by atoms with Crippen molar-refractivity contribution >= 4 is 29.6 Å². The van der Waals surface area contributed by atoms with Crippen LogP contribution in [-0.2, 0) is 4.79 Å². The molecule has 9 heteroatoms. The van der Waals surface area contributed by atoms with E-state index in [1.807, 2.05) is 72.8 Å². The second-order valence-electron chi connectivity index (χ2n) is 9.29. The maximum Gasteiger partial charge on any atom is 0.348 e. The SMILES string of the molecule is CN1CCC(NC(=O)N2Sc3cccc4c3N2NC(=O)C4c2ccc(Oc3ccccc3)cc2)CC1. The molecule has 3 amide bonds. The zero-order valence-corrected chi connectivity index (χ0v) is 20.7. The van der Waals surface area contributed by atoms with E-state index in [2.05, 4.69) is 22.7 Å². The number of nitrogens with one attached hydrogen (secondary N) is 2. The highest BCUT2D eigenvalue weighted by Crippen LogP contribution is 2.49. The summed E-state index contributed by atoms with van der Waals surface area (Å²) in [5, 5.41) is 4.73. The second kappa shape index (κ2) is 9.40. The molecule has 8 nitrogen and oxygen atoms in total. The minimum atomic E-state index is -0.487. The molecule has 3 aromatic rings. The van der Waals surface area contributed by atoms with Crippen molar-refractivity contribution in [1.29, 1.82) is 0 Å². The molecule has 6 rings (SSSR count). The van der Waals surface area contributed by atoms with E-state index in [0.717, 1.165) is 53.4 Å². The predicted molar refractivity (Wildman–Crippen MR) is 139 cm³/mol. The number of amides is 3. The van der Waals surface area contributed by atoms with E-state index in [0.29, 0.717) is 5.75 Å². The Morgan fingerprint density at radius 2 is 1.69 bits per heavy atom. The number of rotatable bonds is 4. The first-order valence-electron chi connectivity index (χ1n) is 12.1. The average Bonchev–Trinajstić information content (AvgIpc) is 3.26. The number of urea groups is 1. The normalized spacial score (nSPS) is 19.6. The monoisotopic (exact) mass is 501 g/mol. The van der Waals surface area contributed by atoms with Crippen LogP contribution >= 0.6 is 11.9 Å². The summed E-state index contributed by atoms with van der Waals surface area (Å²) in [6.45, 7) is 1.92. The lowest BCUT2D eigenvalue weighted by molar-refractivity contribution is -0.122. The molecule has 1 fully saturated rings. The molecule has 0 radical (unpaired) electrons. The lowest BCUT2D eigenvalue weighted by Crippen LogP contribution is -2.58. The summed E-state index contributed by atoms with van der Waals surface area (Å²) >= 11 is 1.33. The molecule has 1 atom stereocenters. The van der Waals surface area contributed by atoms with E-state index in [-0.39, 0.29) is 18.0 Å². The van der Waals surface area contributed by atoms with Gasteiger partial charge in [0.2, 0.25) is 0 Å². The molecule has 0 aromatic heterocycles. The molecule has 3 aromatic carbocycles. The standard InChI is InChI=1S/C27H27N5O3S/c1-30-16-14-19(15-17-30)28-27(34)32-31-25-22(8-5-9-23(25)36-32)24(26(33)29-31)18-10-12-21(13-11-18)35-20-6-3-2-4-7-20/h2-13,19,24H,14-17H2,1H3,(H,28,34)(H,29,33). The number of carbonyl (C=O) groups is 2. The van der Waals surface area contributed by atoms with Crippen LogP contribution < -0.4 is 20.6 Å². The van der Waals surface area contributed by atoms with Gasteiger partial charge in [-0.2, -0.15) is 9.53 Å². The number of nitrogens with zero attached hydrogens (tertiary/aromatic N) is 3. The molecular formula is C27H27N5O3S. The number of anilines is 1. The Kier molecular flexibility index (Phi) is 5.94. The van der Waals surface area contributed by atoms with Gasteiger partial charge in [-0.15, -0.1) is 0 Å². The minimum absolute atomic E-state index is 0.127. The highest BCUT2D eigenvalue weighted by Gasteiger charge is 2.43. The van der Waals surface area contributed by atoms with Gasteiger partial charge in [0, 0.05) is 18.0 Å². The molecular weight excluding hydrogens is 474 g/mol. The van der Waals surface area contributed by atoms with Gasteiger partial charge in [-0.1, -0.05) is 42.5 Å².